The van der Waals surface area contributed by atoms with Crippen molar-refractivity contribution >= 4 is 0 Å². The van der Waals surface area contributed by atoms with Gasteiger partial charge in [-0.25, -0.2) is 4.98 Å². The Labute approximate surface area is 91.1 Å². The second-order valence-electron chi connectivity index (χ2n) is 5.12. The molecule has 0 N–H and O–H groups in total. The maximum Gasteiger partial charge on any atom is 0.197 e. The zero-order valence-corrected chi connectivity index (χ0v) is 9.19. The number of fused-ring (bicyclic) bond motifs is 1. The van der Waals surface area contributed by atoms with Crippen molar-refractivity contribution in [2.45, 2.75) is 50.9 Å². The van der Waals surface area contributed by atoms with E-state index in [-0.39, 0.29) is 0 Å². The van der Waals surface area contributed by atoms with Gasteiger partial charge >= 0.3 is 0 Å². The van der Waals surface area contributed by atoms with E-state index >= 15 is 0 Å². The van der Waals surface area contributed by atoms with Gasteiger partial charge in [0.1, 0.15) is 6.26 Å². The van der Waals surface area contributed by atoms with E-state index in [4.69, 9.17) is 4.42 Å². The van der Waals surface area contributed by atoms with Crippen LogP contribution in [0.5, 0.6) is 0 Å². The molecular formula is C13H19NO. The number of hydrogen-bond donors (Lipinski definition) is 0. The Morgan fingerprint density at radius 3 is 2.80 bits per heavy atom. The van der Waals surface area contributed by atoms with E-state index in [1.54, 1.807) is 12.5 Å². The van der Waals surface area contributed by atoms with Crippen LogP contribution < -0.4 is 0 Å². The molecular weight excluding hydrogens is 186 g/mol. The van der Waals surface area contributed by atoms with Crippen molar-refractivity contribution < 1.29 is 4.42 Å². The number of rotatable bonds is 1. The van der Waals surface area contributed by atoms with Gasteiger partial charge in [-0.2, -0.15) is 0 Å². The van der Waals surface area contributed by atoms with Gasteiger partial charge in [0, 0.05) is 5.92 Å². The van der Waals surface area contributed by atoms with Crippen molar-refractivity contribution in [1.29, 1.82) is 0 Å². The van der Waals surface area contributed by atoms with Gasteiger partial charge in [0.15, 0.2) is 5.89 Å². The Morgan fingerprint density at radius 2 is 1.93 bits per heavy atom. The Bertz CT molecular complexity index is 304. The summed E-state index contributed by atoms with van der Waals surface area (Å²) in [6, 6.07) is 0. The Morgan fingerprint density at radius 1 is 1.07 bits per heavy atom. The number of nitrogens with zero attached hydrogens (tertiary/aromatic N) is 1. The summed E-state index contributed by atoms with van der Waals surface area (Å²) in [6.07, 6.45) is 13.3. The highest BCUT2D eigenvalue weighted by Crippen LogP contribution is 2.47. The number of aromatic nitrogens is 1. The molecule has 0 radical (unpaired) electrons. The summed E-state index contributed by atoms with van der Waals surface area (Å²) >= 11 is 0. The first-order valence-corrected chi connectivity index (χ1v) is 6.34. The van der Waals surface area contributed by atoms with Crippen LogP contribution in [-0.2, 0) is 0 Å². The topological polar surface area (TPSA) is 26.0 Å². The van der Waals surface area contributed by atoms with Crippen LogP contribution in [0.25, 0.3) is 0 Å². The second-order valence-corrected chi connectivity index (χ2v) is 5.12. The maximum absolute atomic E-state index is 5.51. The van der Waals surface area contributed by atoms with Crippen LogP contribution in [0.2, 0.25) is 0 Å². The third-order valence-corrected chi connectivity index (χ3v) is 4.34. The molecule has 2 aliphatic rings. The molecule has 2 saturated carbocycles. The van der Waals surface area contributed by atoms with Crippen molar-refractivity contribution in [2.24, 2.45) is 11.8 Å². The van der Waals surface area contributed by atoms with E-state index < -0.39 is 0 Å². The molecule has 3 atom stereocenters. The summed E-state index contributed by atoms with van der Waals surface area (Å²) < 4.78 is 5.51. The average Bonchev–Trinajstić information content (AvgIpc) is 2.82. The minimum atomic E-state index is 0.624. The molecule has 82 valence electrons. The van der Waals surface area contributed by atoms with E-state index in [9.17, 15) is 0 Å². The summed E-state index contributed by atoms with van der Waals surface area (Å²) in [6.45, 7) is 0. The van der Waals surface area contributed by atoms with E-state index in [1.165, 1.54) is 44.9 Å². The van der Waals surface area contributed by atoms with E-state index in [0.717, 1.165) is 17.7 Å². The van der Waals surface area contributed by atoms with Crippen molar-refractivity contribution in [1.82, 2.24) is 4.98 Å². The first kappa shape index (κ1) is 9.44. The summed E-state index contributed by atoms with van der Waals surface area (Å²) in [5.74, 6) is 3.46. The van der Waals surface area contributed by atoms with Crippen molar-refractivity contribution in [3.63, 3.8) is 0 Å². The predicted octanol–water partition coefficient (Wildman–Crippen LogP) is 3.75. The normalized spacial score (nSPS) is 36.1. The molecule has 2 nitrogen and oxygen atoms in total. The highest BCUT2D eigenvalue weighted by atomic mass is 16.3. The summed E-state index contributed by atoms with van der Waals surface area (Å²) in [5, 5.41) is 0. The molecule has 0 bridgehead atoms. The van der Waals surface area contributed by atoms with Gasteiger partial charge < -0.3 is 4.42 Å². The highest BCUT2D eigenvalue weighted by molar-refractivity contribution is 5.00. The highest BCUT2D eigenvalue weighted by Gasteiger charge is 2.37. The van der Waals surface area contributed by atoms with Gasteiger partial charge in [0.05, 0.1) is 6.20 Å². The molecule has 0 amide bonds. The molecule has 2 heteroatoms. The second kappa shape index (κ2) is 3.99. The van der Waals surface area contributed by atoms with Crippen LogP contribution in [0.4, 0.5) is 0 Å². The lowest BCUT2D eigenvalue weighted by Gasteiger charge is -2.40. The minimum absolute atomic E-state index is 0.624. The van der Waals surface area contributed by atoms with E-state index in [2.05, 4.69) is 4.98 Å². The van der Waals surface area contributed by atoms with Crippen molar-refractivity contribution in [3.8, 4) is 0 Å². The van der Waals surface area contributed by atoms with Gasteiger partial charge in [0.25, 0.3) is 0 Å². The molecule has 1 heterocycles. The third kappa shape index (κ3) is 1.70. The molecule has 2 aliphatic carbocycles. The average molecular weight is 205 g/mol. The fourth-order valence-corrected chi connectivity index (χ4v) is 3.66. The van der Waals surface area contributed by atoms with Crippen molar-refractivity contribution in [3.05, 3.63) is 18.4 Å². The summed E-state index contributed by atoms with van der Waals surface area (Å²) in [4.78, 5) is 4.36. The first-order chi connectivity index (χ1) is 7.45. The fourth-order valence-electron chi connectivity index (χ4n) is 3.66. The molecule has 3 unspecified atom stereocenters. The molecule has 0 aliphatic heterocycles. The third-order valence-electron chi connectivity index (χ3n) is 4.34. The summed E-state index contributed by atoms with van der Waals surface area (Å²) in [7, 11) is 0. The lowest BCUT2D eigenvalue weighted by Crippen LogP contribution is -2.29. The van der Waals surface area contributed by atoms with Crippen LogP contribution in [0.1, 0.15) is 56.8 Å². The molecule has 0 aromatic carbocycles. The van der Waals surface area contributed by atoms with E-state index in [0.29, 0.717) is 5.92 Å². The van der Waals surface area contributed by atoms with Crippen LogP contribution in [0, 0.1) is 11.8 Å². The van der Waals surface area contributed by atoms with Gasteiger partial charge in [-0.05, 0) is 24.7 Å². The van der Waals surface area contributed by atoms with Gasteiger partial charge in [-0.15, -0.1) is 0 Å². The zero-order chi connectivity index (χ0) is 10.1. The SMILES string of the molecule is c1coc(C2CCCC3CCCCC32)n1. The Hall–Kier alpha value is -0.790. The minimum Gasteiger partial charge on any atom is -0.449 e. The van der Waals surface area contributed by atoms with Crippen molar-refractivity contribution in [2.75, 3.05) is 0 Å². The number of oxazole rings is 1. The van der Waals surface area contributed by atoms with Crippen LogP contribution >= 0.6 is 0 Å². The van der Waals surface area contributed by atoms with Crippen LogP contribution in [0.15, 0.2) is 16.9 Å². The predicted molar refractivity (Wildman–Crippen MR) is 58.5 cm³/mol. The van der Waals surface area contributed by atoms with Gasteiger partial charge in [0.2, 0.25) is 0 Å². The monoisotopic (exact) mass is 205 g/mol. The number of hydrogen-bond acceptors (Lipinski definition) is 2. The zero-order valence-electron chi connectivity index (χ0n) is 9.19. The van der Waals surface area contributed by atoms with Crippen LogP contribution in [0.3, 0.4) is 0 Å². The molecule has 1 aromatic rings. The lowest BCUT2D eigenvalue weighted by atomic mass is 9.65. The molecule has 3 rings (SSSR count). The Balaban J connectivity index is 1.82. The summed E-state index contributed by atoms with van der Waals surface area (Å²) in [5.41, 5.74) is 0. The Kier molecular flexibility index (Phi) is 2.51. The smallest absolute Gasteiger partial charge is 0.197 e. The van der Waals surface area contributed by atoms with Gasteiger partial charge in [-0.3, -0.25) is 0 Å². The fraction of sp³-hybridized carbons (Fsp3) is 0.769. The lowest BCUT2D eigenvalue weighted by molar-refractivity contribution is 0.129. The first-order valence-electron chi connectivity index (χ1n) is 6.34. The molecule has 1 aromatic heterocycles. The standard InChI is InChI=1S/C13H19NO/c1-2-6-11-10(4-1)5-3-7-12(11)13-14-8-9-15-13/h8-12H,1-7H2. The maximum atomic E-state index is 5.51. The van der Waals surface area contributed by atoms with Gasteiger partial charge in [-0.1, -0.05) is 32.1 Å². The molecule has 2 fully saturated rings. The largest absolute Gasteiger partial charge is 0.449 e. The molecule has 0 saturated heterocycles. The molecule has 15 heavy (non-hydrogen) atoms. The van der Waals surface area contributed by atoms with E-state index in [1.807, 2.05) is 0 Å². The van der Waals surface area contributed by atoms with Crippen LogP contribution in [-0.4, -0.2) is 4.98 Å². The molecule has 0 spiro atoms. The quantitative estimate of drug-likeness (QED) is 0.698.